The maximum absolute atomic E-state index is 2.64. The van der Waals surface area contributed by atoms with Gasteiger partial charge in [-0.15, -0.1) is 0 Å². The average Bonchev–Trinajstić information content (AvgIpc) is 2.53. The van der Waals surface area contributed by atoms with Crippen LogP contribution in [0.3, 0.4) is 0 Å². The summed E-state index contributed by atoms with van der Waals surface area (Å²) in [6.07, 6.45) is 6.10. The Morgan fingerprint density at radius 3 is 2.92 bits per heavy atom. The SMILES string of the molecule is CN1CC2CC1(C)C1CCC2C1. The van der Waals surface area contributed by atoms with E-state index < -0.39 is 0 Å². The van der Waals surface area contributed by atoms with Crippen molar-refractivity contribution in [2.75, 3.05) is 13.6 Å². The van der Waals surface area contributed by atoms with Gasteiger partial charge in [-0.1, -0.05) is 0 Å². The van der Waals surface area contributed by atoms with Gasteiger partial charge in [0.1, 0.15) is 0 Å². The maximum Gasteiger partial charge on any atom is 0.0209 e. The van der Waals surface area contributed by atoms with E-state index >= 15 is 0 Å². The molecule has 3 aliphatic rings. The molecule has 0 aromatic heterocycles. The monoisotopic (exact) mass is 165 g/mol. The second kappa shape index (κ2) is 2.06. The largest absolute Gasteiger partial charge is 0.300 e. The molecule has 0 amide bonds. The van der Waals surface area contributed by atoms with Gasteiger partial charge in [0.25, 0.3) is 0 Å². The van der Waals surface area contributed by atoms with Crippen LogP contribution < -0.4 is 0 Å². The molecule has 68 valence electrons. The molecular formula is C11H19N. The topological polar surface area (TPSA) is 3.24 Å². The van der Waals surface area contributed by atoms with Crippen LogP contribution in [0.15, 0.2) is 0 Å². The van der Waals surface area contributed by atoms with Gasteiger partial charge in [-0.05, 0) is 57.4 Å². The highest BCUT2D eigenvalue weighted by Gasteiger charge is 2.54. The molecule has 12 heavy (non-hydrogen) atoms. The maximum atomic E-state index is 2.64. The van der Waals surface area contributed by atoms with Gasteiger partial charge in [-0.2, -0.15) is 0 Å². The van der Waals surface area contributed by atoms with Crippen LogP contribution in [-0.4, -0.2) is 24.0 Å². The minimum absolute atomic E-state index is 0.595. The summed E-state index contributed by atoms with van der Waals surface area (Å²) < 4.78 is 0. The van der Waals surface area contributed by atoms with Crippen LogP contribution >= 0.6 is 0 Å². The van der Waals surface area contributed by atoms with Crippen LogP contribution in [0.4, 0.5) is 0 Å². The van der Waals surface area contributed by atoms with Crippen molar-refractivity contribution in [3.63, 3.8) is 0 Å². The van der Waals surface area contributed by atoms with Gasteiger partial charge in [0, 0.05) is 12.1 Å². The van der Waals surface area contributed by atoms with Crippen molar-refractivity contribution in [3.8, 4) is 0 Å². The first-order valence-corrected chi connectivity index (χ1v) is 5.41. The Morgan fingerprint density at radius 2 is 2.08 bits per heavy atom. The first-order valence-electron chi connectivity index (χ1n) is 5.41. The Labute approximate surface area is 75.1 Å². The fourth-order valence-electron chi connectivity index (χ4n) is 4.11. The highest BCUT2D eigenvalue weighted by Crippen LogP contribution is 2.56. The van der Waals surface area contributed by atoms with E-state index in [0.29, 0.717) is 5.54 Å². The van der Waals surface area contributed by atoms with E-state index in [1.54, 1.807) is 12.8 Å². The first kappa shape index (κ1) is 7.37. The summed E-state index contributed by atoms with van der Waals surface area (Å²) >= 11 is 0. The lowest BCUT2D eigenvalue weighted by Crippen LogP contribution is -2.44. The lowest BCUT2D eigenvalue weighted by Gasteiger charge is -2.39. The van der Waals surface area contributed by atoms with Crippen molar-refractivity contribution in [1.29, 1.82) is 0 Å². The summed E-state index contributed by atoms with van der Waals surface area (Å²) in [5.41, 5.74) is 0.595. The van der Waals surface area contributed by atoms with Gasteiger partial charge in [-0.25, -0.2) is 0 Å². The number of hydrogen-bond acceptors (Lipinski definition) is 1. The molecule has 1 aliphatic heterocycles. The van der Waals surface area contributed by atoms with E-state index in [1.165, 1.54) is 19.4 Å². The van der Waals surface area contributed by atoms with E-state index in [9.17, 15) is 0 Å². The molecule has 1 heteroatoms. The summed E-state index contributed by atoms with van der Waals surface area (Å²) in [5, 5.41) is 0. The summed E-state index contributed by atoms with van der Waals surface area (Å²) in [4.78, 5) is 2.64. The number of rotatable bonds is 0. The van der Waals surface area contributed by atoms with E-state index in [0.717, 1.165) is 17.8 Å². The molecule has 4 atom stereocenters. The summed E-state index contributed by atoms with van der Waals surface area (Å²) in [6.45, 7) is 3.89. The van der Waals surface area contributed by atoms with Crippen molar-refractivity contribution >= 4 is 0 Å². The molecule has 0 radical (unpaired) electrons. The molecule has 2 aliphatic carbocycles. The molecule has 0 N–H and O–H groups in total. The Morgan fingerprint density at radius 1 is 1.25 bits per heavy atom. The third kappa shape index (κ3) is 0.693. The van der Waals surface area contributed by atoms with Gasteiger partial charge in [0.05, 0.1) is 0 Å². The molecule has 1 nitrogen and oxygen atoms in total. The zero-order valence-electron chi connectivity index (χ0n) is 8.21. The van der Waals surface area contributed by atoms with Gasteiger partial charge >= 0.3 is 0 Å². The normalized spacial score (nSPS) is 58.0. The second-order valence-electron chi connectivity index (χ2n) is 5.47. The van der Waals surface area contributed by atoms with Crippen LogP contribution in [0.25, 0.3) is 0 Å². The highest BCUT2D eigenvalue weighted by molar-refractivity contribution is 5.08. The standard InChI is InChI=1S/C11H19N/c1-11-6-9(7-12(11)2)8-3-4-10(11)5-8/h8-10H,3-7H2,1-2H3. The summed E-state index contributed by atoms with van der Waals surface area (Å²) in [5.74, 6) is 3.19. The quantitative estimate of drug-likeness (QED) is 0.531. The van der Waals surface area contributed by atoms with Crippen LogP contribution in [0, 0.1) is 17.8 Å². The van der Waals surface area contributed by atoms with Gasteiger partial charge in [0.15, 0.2) is 0 Å². The van der Waals surface area contributed by atoms with Gasteiger partial charge < -0.3 is 4.90 Å². The van der Waals surface area contributed by atoms with Crippen molar-refractivity contribution in [2.45, 2.75) is 38.1 Å². The van der Waals surface area contributed by atoms with Crippen LogP contribution in [0.5, 0.6) is 0 Å². The molecule has 0 spiro atoms. The molecule has 0 aromatic rings. The van der Waals surface area contributed by atoms with Crippen molar-refractivity contribution in [3.05, 3.63) is 0 Å². The fourth-order valence-corrected chi connectivity index (χ4v) is 4.11. The molecule has 3 fully saturated rings. The second-order valence-corrected chi connectivity index (χ2v) is 5.47. The predicted octanol–water partition coefficient (Wildman–Crippen LogP) is 2.13. The van der Waals surface area contributed by atoms with E-state index in [2.05, 4.69) is 18.9 Å². The Hall–Kier alpha value is -0.0400. The van der Waals surface area contributed by atoms with Crippen LogP contribution in [0.1, 0.15) is 32.6 Å². The molecular weight excluding hydrogens is 146 g/mol. The zero-order valence-corrected chi connectivity index (χ0v) is 8.21. The predicted molar refractivity (Wildman–Crippen MR) is 50.0 cm³/mol. The van der Waals surface area contributed by atoms with Crippen molar-refractivity contribution in [2.24, 2.45) is 17.8 Å². The average molecular weight is 165 g/mol. The Bertz CT molecular complexity index is 213. The molecule has 4 unspecified atom stereocenters. The molecule has 2 saturated carbocycles. The Kier molecular flexibility index (Phi) is 1.27. The number of nitrogens with zero attached hydrogens (tertiary/aromatic N) is 1. The molecule has 1 saturated heterocycles. The smallest absolute Gasteiger partial charge is 0.0209 e. The number of hydrogen-bond donors (Lipinski definition) is 0. The Balaban J connectivity index is 2.00. The third-order valence-electron chi connectivity index (χ3n) is 5.08. The highest BCUT2D eigenvalue weighted by atomic mass is 15.2. The van der Waals surface area contributed by atoms with E-state index in [-0.39, 0.29) is 0 Å². The minimum atomic E-state index is 0.595. The first-order chi connectivity index (χ1) is 5.70. The van der Waals surface area contributed by atoms with Gasteiger partial charge in [-0.3, -0.25) is 0 Å². The number of likely N-dealkylation sites (tertiary alicyclic amines) is 1. The molecule has 0 aromatic carbocycles. The lowest BCUT2D eigenvalue weighted by molar-refractivity contribution is 0.111. The van der Waals surface area contributed by atoms with Crippen molar-refractivity contribution in [1.82, 2.24) is 4.90 Å². The van der Waals surface area contributed by atoms with Crippen LogP contribution in [0.2, 0.25) is 0 Å². The van der Waals surface area contributed by atoms with Gasteiger partial charge in [0.2, 0.25) is 0 Å². The molecule has 3 rings (SSSR count). The third-order valence-corrected chi connectivity index (χ3v) is 5.08. The number of fused-ring (bicyclic) bond motifs is 6. The minimum Gasteiger partial charge on any atom is -0.300 e. The van der Waals surface area contributed by atoms with Crippen LogP contribution in [-0.2, 0) is 0 Å². The molecule has 4 bridgehead atoms. The lowest BCUT2D eigenvalue weighted by atomic mass is 9.73. The van der Waals surface area contributed by atoms with E-state index in [4.69, 9.17) is 0 Å². The summed E-state index contributed by atoms with van der Waals surface area (Å²) in [6, 6.07) is 0. The van der Waals surface area contributed by atoms with E-state index in [1.807, 2.05) is 0 Å². The van der Waals surface area contributed by atoms with Crippen molar-refractivity contribution < 1.29 is 0 Å². The summed E-state index contributed by atoms with van der Waals surface area (Å²) in [7, 11) is 2.33. The fraction of sp³-hybridized carbons (Fsp3) is 1.00. The zero-order chi connectivity index (χ0) is 8.34. The molecule has 1 heterocycles.